The highest BCUT2D eigenvalue weighted by molar-refractivity contribution is 7.91. The number of hydrogen-bond acceptors (Lipinski definition) is 10. The first kappa shape index (κ1) is 41.3. The molecular formula is C46H37F3N10O5S. The first-order valence-electron chi connectivity index (χ1n) is 20.5. The number of nitrogens with zero attached hydrogens (tertiary/aromatic N) is 7. The summed E-state index contributed by atoms with van der Waals surface area (Å²) in [6, 6.07) is 35.9. The van der Waals surface area contributed by atoms with E-state index in [1.807, 2.05) is 42.5 Å². The molecule has 0 spiro atoms. The van der Waals surface area contributed by atoms with Crippen LogP contribution in [0, 0.1) is 10.8 Å². The van der Waals surface area contributed by atoms with Crippen LogP contribution in [0.4, 0.5) is 30.8 Å². The van der Waals surface area contributed by atoms with Gasteiger partial charge in [0.15, 0.2) is 11.3 Å². The summed E-state index contributed by atoms with van der Waals surface area (Å²) >= 11 is 0. The first-order valence-corrected chi connectivity index (χ1v) is 22.2. The van der Waals surface area contributed by atoms with Crippen molar-refractivity contribution in [2.24, 2.45) is 10.8 Å². The topological polar surface area (TPSA) is 187 Å². The third-order valence-electron chi connectivity index (χ3n) is 11.8. The quantitative estimate of drug-likeness (QED) is 0.0961. The average molecular weight is 899 g/mol. The van der Waals surface area contributed by atoms with Crippen LogP contribution in [0.1, 0.15) is 42.5 Å². The van der Waals surface area contributed by atoms with Crippen molar-refractivity contribution in [2.45, 2.75) is 44.2 Å². The van der Waals surface area contributed by atoms with Gasteiger partial charge in [0, 0.05) is 28.6 Å². The Hall–Kier alpha value is -7.67. The zero-order valence-corrected chi connectivity index (χ0v) is 35.0. The number of anilines is 3. The summed E-state index contributed by atoms with van der Waals surface area (Å²) in [6.07, 6.45) is -1.35. The second kappa shape index (κ2) is 15.8. The zero-order valence-electron chi connectivity index (χ0n) is 34.2. The van der Waals surface area contributed by atoms with E-state index in [0.717, 1.165) is 23.4 Å². The third-order valence-corrected chi connectivity index (χ3v) is 13.0. The van der Waals surface area contributed by atoms with Crippen LogP contribution in [0.15, 0.2) is 134 Å². The van der Waals surface area contributed by atoms with Crippen molar-refractivity contribution in [3.8, 4) is 28.3 Å². The number of ether oxygens (including phenoxy) is 1. The monoisotopic (exact) mass is 898 g/mol. The van der Waals surface area contributed by atoms with E-state index in [2.05, 4.69) is 40.5 Å². The van der Waals surface area contributed by atoms with Gasteiger partial charge in [-0.2, -0.15) is 23.1 Å². The van der Waals surface area contributed by atoms with Gasteiger partial charge in [-0.1, -0.05) is 60.7 Å². The molecule has 2 amide bonds. The molecule has 3 N–H and O–H groups in total. The van der Waals surface area contributed by atoms with Crippen LogP contribution in [-0.4, -0.2) is 54.4 Å². The van der Waals surface area contributed by atoms with Gasteiger partial charge in [0.2, 0.25) is 33.7 Å². The van der Waals surface area contributed by atoms with E-state index >= 15 is 0 Å². The lowest BCUT2D eigenvalue weighted by Crippen LogP contribution is -2.40. The Bertz CT molecular complexity index is 3210. The molecule has 0 radical (unpaired) electrons. The minimum atomic E-state index is -4.52. The minimum Gasteiger partial charge on any atom is -0.489 e. The number of pyridine rings is 3. The number of benzene rings is 3. The molecule has 2 fully saturated rings. The molecule has 0 aliphatic heterocycles. The van der Waals surface area contributed by atoms with Crippen molar-refractivity contribution >= 4 is 50.7 Å². The summed E-state index contributed by atoms with van der Waals surface area (Å²) in [4.78, 5) is 40.7. The number of halogens is 3. The van der Waals surface area contributed by atoms with Crippen LogP contribution in [-0.2, 0) is 38.1 Å². The fourth-order valence-corrected chi connectivity index (χ4v) is 9.37. The van der Waals surface area contributed by atoms with Gasteiger partial charge in [-0.25, -0.2) is 17.4 Å². The number of alkyl halides is 3. The standard InChI is InChI=1S/C46H37F3N10O5S/c47-46(48,49)37-21-12-30(26-50-37)27-64-34-19-15-32(16-20-34)36-9-5-11-39-52-43(56-59(36)39)54-41(61)45(24-25-45)44(22-23-44)40(60)53-42-51-38-10-4-8-35(58(38)55-42)31-13-17-33(18-14-31)57-65(62,63)28-29-6-2-1-3-7-29/h1-21,26,57H,22-25,27-28H2,(H,53,55,60)(H,54,56,61). The van der Waals surface area contributed by atoms with Gasteiger partial charge in [0.1, 0.15) is 18.1 Å². The van der Waals surface area contributed by atoms with Crippen LogP contribution in [0.2, 0.25) is 0 Å². The lowest BCUT2D eigenvalue weighted by atomic mass is 9.83. The highest BCUT2D eigenvalue weighted by Gasteiger charge is 2.73. The van der Waals surface area contributed by atoms with E-state index in [4.69, 9.17) is 4.74 Å². The Morgan fingerprint density at radius 1 is 0.646 bits per heavy atom. The molecule has 2 aliphatic rings. The highest BCUT2D eigenvalue weighted by Crippen LogP contribution is 2.71. The van der Waals surface area contributed by atoms with Gasteiger partial charge >= 0.3 is 6.18 Å². The lowest BCUT2D eigenvalue weighted by Gasteiger charge is -2.23. The Morgan fingerprint density at radius 3 is 1.68 bits per heavy atom. The fraction of sp³-hybridized carbons (Fsp3) is 0.196. The zero-order chi connectivity index (χ0) is 45.0. The molecule has 10 rings (SSSR count). The maximum absolute atomic E-state index is 14.0. The smallest absolute Gasteiger partial charge is 0.433 e. The molecule has 65 heavy (non-hydrogen) atoms. The summed E-state index contributed by atoms with van der Waals surface area (Å²) < 4.78 is 75.8. The van der Waals surface area contributed by atoms with Crippen molar-refractivity contribution in [1.29, 1.82) is 0 Å². The molecule has 2 saturated carbocycles. The predicted molar refractivity (Wildman–Crippen MR) is 234 cm³/mol. The Labute approximate surface area is 368 Å². The van der Waals surface area contributed by atoms with Crippen LogP contribution in [0.3, 0.4) is 0 Å². The van der Waals surface area contributed by atoms with Crippen molar-refractivity contribution < 1.29 is 35.9 Å². The number of rotatable bonds is 14. The maximum Gasteiger partial charge on any atom is 0.433 e. The third kappa shape index (κ3) is 8.21. The summed E-state index contributed by atoms with van der Waals surface area (Å²) in [6.45, 7) is 0.0270. The van der Waals surface area contributed by atoms with Gasteiger partial charge in [0.05, 0.1) is 28.0 Å². The van der Waals surface area contributed by atoms with Gasteiger partial charge in [0.25, 0.3) is 0 Å². The summed E-state index contributed by atoms with van der Waals surface area (Å²) in [5.41, 5.74) is 2.47. The van der Waals surface area contributed by atoms with Crippen LogP contribution in [0.5, 0.6) is 5.75 Å². The number of fused-ring (bicyclic) bond motifs is 2. The SMILES string of the molecule is O=C(Nc1nc2cccc(-c3ccc(NS(=O)(=O)Cc4ccccc4)cc3)n2n1)C1(C2(C(=O)Nc3nc4cccc(-c5ccc(OCc6ccc(C(F)(F)F)nc6)cc5)n4n3)CC2)CC1. The molecule has 3 aromatic carbocycles. The van der Waals surface area contributed by atoms with E-state index in [-0.39, 0.29) is 36.1 Å². The van der Waals surface area contributed by atoms with E-state index in [0.29, 0.717) is 70.9 Å². The summed E-state index contributed by atoms with van der Waals surface area (Å²) in [5, 5.41) is 15.0. The van der Waals surface area contributed by atoms with Crippen LogP contribution >= 0.6 is 0 Å². The molecular weight excluding hydrogens is 862 g/mol. The van der Waals surface area contributed by atoms with Crippen LogP contribution in [0.25, 0.3) is 33.8 Å². The average Bonchev–Trinajstić information content (AvgIpc) is 4.20. The van der Waals surface area contributed by atoms with Gasteiger partial charge < -0.3 is 4.74 Å². The predicted octanol–water partition coefficient (Wildman–Crippen LogP) is 8.18. The number of aromatic nitrogens is 7. The van der Waals surface area contributed by atoms with Crippen molar-refractivity contribution in [3.63, 3.8) is 0 Å². The number of carbonyl (C=O) groups is 2. The van der Waals surface area contributed by atoms with E-state index in [1.54, 1.807) is 81.8 Å². The highest BCUT2D eigenvalue weighted by atomic mass is 32.2. The Morgan fingerprint density at radius 2 is 1.18 bits per heavy atom. The molecule has 8 aromatic rings. The lowest BCUT2D eigenvalue weighted by molar-refractivity contribution is -0.141. The number of nitrogens with one attached hydrogen (secondary N) is 3. The van der Waals surface area contributed by atoms with Gasteiger partial charge in [-0.15, -0.1) is 10.2 Å². The molecule has 15 nitrogen and oxygen atoms in total. The molecule has 19 heteroatoms. The van der Waals surface area contributed by atoms with Crippen molar-refractivity contribution in [3.05, 3.63) is 150 Å². The van der Waals surface area contributed by atoms with Gasteiger partial charge in [-0.3, -0.25) is 29.9 Å². The molecule has 5 aromatic heterocycles. The van der Waals surface area contributed by atoms with Crippen LogP contribution < -0.4 is 20.1 Å². The summed E-state index contributed by atoms with van der Waals surface area (Å²) in [5.74, 6) is -0.183. The fourth-order valence-electron chi connectivity index (χ4n) is 8.18. The van der Waals surface area contributed by atoms with E-state index < -0.39 is 32.7 Å². The Kier molecular flexibility index (Phi) is 10.1. The van der Waals surface area contributed by atoms with Crippen molar-refractivity contribution in [1.82, 2.24) is 34.2 Å². The molecule has 0 bridgehead atoms. The number of carbonyl (C=O) groups excluding carboxylic acids is 2. The molecule has 0 saturated heterocycles. The van der Waals surface area contributed by atoms with Crippen molar-refractivity contribution in [2.75, 3.05) is 15.4 Å². The normalized spacial score (nSPS) is 15.1. The largest absolute Gasteiger partial charge is 0.489 e. The molecule has 5 heterocycles. The number of hydrogen-bond donors (Lipinski definition) is 3. The van der Waals surface area contributed by atoms with E-state index in [9.17, 15) is 31.2 Å². The number of sulfonamides is 1. The van der Waals surface area contributed by atoms with Gasteiger partial charge in [-0.05, 0) is 98.0 Å². The second-order valence-electron chi connectivity index (χ2n) is 16.1. The molecule has 328 valence electrons. The minimum absolute atomic E-state index is 0.0270. The van der Waals surface area contributed by atoms with E-state index in [1.165, 1.54) is 6.07 Å². The molecule has 0 unspecified atom stereocenters. The molecule has 2 aliphatic carbocycles. The maximum atomic E-state index is 14.0. The Balaban J connectivity index is 0.794. The molecule has 0 atom stereocenters. The first-order chi connectivity index (χ1) is 31.3. The number of amides is 2. The second-order valence-corrected chi connectivity index (χ2v) is 17.8. The summed E-state index contributed by atoms with van der Waals surface area (Å²) in [7, 11) is -3.64.